The molecule has 9 heteroatoms. The molecule has 0 aromatic heterocycles. The Hall–Kier alpha value is -1.19. The molecule has 20 heavy (non-hydrogen) atoms. The number of rotatable bonds is 4. The van der Waals surface area contributed by atoms with Gasteiger partial charge in [-0.2, -0.15) is 0 Å². The number of nitrogen functional groups attached to an aromatic ring is 1. The largest absolute Gasteiger partial charge is 0.398 e. The summed E-state index contributed by atoms with van der Waals surface area (Å²) in [7, 11) is -7.27. The first-order chi connectivity index (χ1) is 9.22. The first-order valence-corrected chi connectivity index (χ1v) is 9.18. The Morgan fingerprint density at radius 2 is 2.10 bits per heavy atom. The van der Waals surface area contributed by atoms with Gasteiger partial charge < -0.3 is 5.73 Å². The highest BCUT2D eigenvalue weighted by Gasteiger charge is 2.32. The highest BCUT2D eigenvalue weighted by atomic mass is 32.2. The number of sulfonamides is 1. The molecular formula is C11H15FN2O4S2. The Morgan fingerprint density at radius 1 is 1.40 bits per heavy atom. The van der Waals surface area contributed by atoms with Crippen LogP contribution in [-0.4, -0.2) is 34.4 Å². The van der Waals surface area contributed by atoms with E-state index >= 15 is 0 Å². The highest BCUT2D eigenvalue weighted by molar-refractivity contribution is 7.92. The number of nitrogens with one attached hydrogen (secondary N) is 1. The van der Waals surface area contributed by atoms with Gasteiger partial charge in [0, 0.05) is 6.54 Å². The zero-order valence-electron chi connectivity index (χ0n) is 10.5. The van der Waals surface area contributed by atoms with Crippen LogP contribution in [0.2, 0.25) is 0 Å². The summed E-state index contributed by atoms with van der Waals surface area (Å²) >= 11 is 0. The number of nitrogens with two attached hydrogens (primary N) is 1. The summed E-state index contributed by atoms with van der Waals surface area (Å²) in [4.78, 5) is -0.382. The third kappa shape index (κ3) is 3.10. The topological polar surface area (TPSA) is 106 Å². The molecule has 3 N–H and O–H groups in total. The molecule has 0 bridgehead atoms. The number of hydrogen-bond donors (Lipinski definition) is 2. The maximum Gasteiger partial charge on any atom is 0.242 e. The second-order valence-electron chi connectivity index (χ2n) is 4.67. The van der Waals surface area contributed by atoms with Crippen LogP contribution >= 0.6 is 0 Å². The Labute approximate surface area is 117 Å². The fourth-order valence-corrected chi connectivity index (χ4v) is 5.20. The van der Waals surface area contributed by atoms with E-state index in [-0.39, 0.29) is 22.9 Å². The van der Waals surface area contributed by atoms with Crippen LogP contribution in [0.4, 0.5) is 10.1 Å². The van der Waals surface area contributed by atoms with Crippen LogP contribution in [0.25, 0.3) is 0 Å². The fourth-order valence-electron chi connectivity index (χ4n) is 2.11. The van der Waals surface area contributed by atoms with Gasteiger partial charge in [-0.1, -0.05) is 0 Å². The van der Waals surface area contributed by atoms with Crippen molar-refractivity contribution in [2.24, 2.45) is 0 Å². The van der Waals surface area contributed by atoms with Crippen LogP contribution in [0.5, 0.6) is 0 Å². The Kier molecular flexibility index (Phi) is 4.03. The van der Waals surface area contributed by atoms with Crippen molar-refractivity contribution in [3.63, 3.8) is 0 Å². The molecule has 1 unspecified atom stereocenters. The number of sulfone groups is 1. The predicted octanol–water partition coefficient (Wildman–Crippen LogP) is 0.263. The molecule has 1 aromatic rings. The van der Waals surface area contributed by atoms with E-state index in [2.05, 4.69) is 4.72 Å². The van der Waals surface area contributed by atoms with Gasteiger partial charge >= 0.3 is 0 Å². The van der Waals surface area contributed by atoms with E-state index in [9.17, 15) is 21.2 Å². The van der Waals surface area contributed by atoms with E-state index in [1.165, 1.54) is 0 Å². The van der Waals surface area contributed by atoms with Crippen molar-refractivity contribution in [2.45, 2.75) is 23.0 Å². The van der Waals surface area contributed by atoms with Gasteiger partial charge in [-0.15, -0.1) is 0 Å². The second kappa shape index (κ2) is 5.30. The fraction of sp³-hybridized carbons (Fsp3) is 0.455. The van der Waals surface area contributed by atoms with Crippen molar-refractivity contribution in [2.75, 3.05) is 18.0 Å². The summed E-state index contributed by atoms with van der Waals surface area (Å²) in [6, 6.07) is 3.01. The smallest absolute Gasteiger partial charge is 0.242 e. The van der Waals surface area contributed by atoms with Gasteiger partial charge in [-0.25, -0.2) is 25.9 Å². The predicted molar refractivity (Wildman–Crippen MR) is 72.8 cm³/mol. The zero-order valence-corrected chi connectivity index (χ0v) is 12.2. The second-order valence-corrected chi connectivity index (χ2v) is 8.80. The summed E-state index contributed by atoms with van der Waals surface area (Å²) in [6.07, 6.45) is 0.945. The molecule has 0 spiro atoms. The van der Waals surface area contributed by atoms with E-state index in [0.717, 1.165) is 18.2 Å². The molecule has 2 rings (SSSR count). The Morgan fingerprint density at radius 3 is 2.70 bits per heavy atom. The van der Waals surface area contributed by atoms with Crippen LogP contribution in [0.15, 0.2) is 23.1 Å². The lowest BCUT2D eigenvalue weighted by molar-refractivity contribution is 0.569. The van der Waals surface area contributed by atoms with E-state index in [4.69, 9.17) is 5.73 Å². The first-order valence-electron chi connectivity index (χ1n) is 5.99. The maximum atomic E-state index is 13.1. The Balaban J connectivity index is 2.18. The van der Waals surface area contributed by atoms with Gasteiger partial charge in [0.25, 0.3) is 0 Å². The lowest BCUT2D eigenvalue weighted by Crippen LogP contribution is -2.34. The van der Waals surface area contributed by atoms with Crippen LogP contribution in [-0.2, 0) is 19.9 Å². The van der Waals surface area contributed by atoms with Crippen LogP contribution in [0.3, 0.4) is 0 Å². The number of halogens is 1. The van der Waals surface area contributed by atoms with Crippen LogP contribution in [0, 0.1) is 5.82 Å². The lowest BCUT2D eigenvalue weighted by Gasteiger charge is -2.12. The monoisotopic (exact) mass is 322 g/mol. The molecule has 0 saturated carbocycles. The summed E-state index contributed by atoms with van der Waals surface area (Å²) in [5, 5.41) is -0.730. The molecule has 1 heterocycles. The zero-order chi connectivity index (χ0) is 15.0. The van der Waals surface area contributed by atoms with Crippen molar-refractivity contribution >= 4 is 25.5 Å². The van der Waals surface area contributed by atoms with Gasteiger partial charge in [0.15, 0.2) is 9.84 Å². The molecule has 0 aliphatic carbocycles. The summed E-state index contributed by atoms with van der Waals surface area (Å²) in [5.41, 5.74) is 5.42. The van der Waals surface area contributed by atoms with Crippen molar-refractivity contribution in [1.82, 2.24) is 4.72 Å². The maximum absolute atomic E-state index is 13.1. The third-order valence-electron chi connectivity index (χ3n) is 3.23. The van der Waals surface area contributed by atoms with Crippen molar-refractivity contribution in [1.29, 1.82) is 0 Å². The van der Waals surface area contributed by atoms with Crippen molar-refractivity contribution in [3.8, 4) is 0 Å². The third-order valence-corrected chi connectivity index (χ3v) is 6.98. The Bertz CT molecular complexity index is 716. The quantitative estimate of drug-likeness (QED) is 0.774. The number of anilines is 1. The summed E-state index contributed by atoms with van der Waals surface area (Å²) < 4.78 is 62.6. The molecule has 0 amide bonds. The molecule has 6 nitrogen and oxygen atoms in total. The molecule has 0 radical (unpaired) electrons. The van der Waals surface area contributed by atoms with E-state index in [0.29, 0.717) is 12.8 Å². The van der Waals surface area contributed by atoms with Crippen molar-refractivity contribution < 1.29 is 21.2 Å². The van der Waals surface area contributed by atoms with Gasteiger partial charge in [0.05, 0.1) is 16.7 Å². The van der Waals surface area contributed by atoms with E-state index in [1.54, 1.807) is 0 Å². The minimum Gasteiger partial charge on any atom is -0.398 e. The summed E-state index contributed by atoms with van der Waals surface area (Å²) in [6.45, 7) is -0.222. The summed E-state index contributed by atoms with van der Waals surface area (Å²) in [5.74, 6) is -0.658. The van der Waals surface area contributed by atoms with Crippen LogP contribution < -0.4 is 10.5 Å². The molecule has 1 aliphatic rings. The average Bonchev–Trinajstić information content (AvgIpc) is 2.69. The standard InChI is InChI=1S/C11H15FN2O4S2/c12-8-3-4-10(13)11(6-8)20(17,18)14-7-9-2-1-5-19(9,15)16/h3-4,6,9,14H,1-2,5,7,13H2. The van der Waals surface area contributed by atoms with Crippen molar-refractivity contribution in [3.05, 3.63) is 24.0 Å². The molecule has 1 aromatic carbocycles. The minimum absolute atomic E-state index is 0.0709. The van der Waals surface area contributed by atoms with Gasteiger partial charge in [0.1, 0.15) is 10.7 Å². The average molecular weight is 322 g/mol. The number of benzene rings is 1. The van der Waals surface area contributed by atoms with Gasteiger partial charge in [0.2, 0.25) is 10.0 Å². The van der Waals surface area contributed by atoms with Gasteiger partial charge in [-0.05, 0) is 31.0 Å². The molecule has 1 atom stereocenters. The van der Waals surface area contributed by atoms with E-state index in [1.807, 2.05) is 0 Å². The highest BCUT2D eigenvalue weighted by Crippen LogP contribution is 2.22. The molecular weight excluding hydrogens is 307 g/mol. The first kappa shape index (κ1) is 15.2. The number of hydrogen-bond acceptors (Lipinski definition) is 5. The van der Waals surface area contributed by atoms with Crippen LogP contribution in [0.1, 0.15) is 12.8 Å². The molecule has 1 fully saturated rings. The molecule has 1 saturated heterocycles. The van der Waals surface area contributed by atoms with E-state index < -0.39 is 30.9 Å². The SMILES string of the molecule is Nc1ccc(F)cc1S(=O)(=O)NCC1CCCS1(=O)=O. The lowest BCUT2D eigenvalue weighted by atomic mass is 10.2. The molecule has 112 valence electrons. The molecule has 1 aliphatic heterocycles. The minimum atomic E-state index is -4.03. The normalized spacial score (nSPS) is 21.9. The van der Waals surface area contributed by atoms with Gasteiger partial charge in [-0.3, -0.25) is 0 Å².